The highest BCUT2D eigenvalue weighted by molar-refractivity contribution is 6.31. The number of hydrogen-bond acceptors (Lipinski definition) is 3. The summed E-state index contributed by atoms with van der Waals surface area (Å²) in [6.07, 6.45) is 2.73. The quantitative estimate of drug-likeness (QED) is 0.759. The number of benzene rings is 1. The summed E-state index contributed by atoms with van der Waals surface area (Å²) in [5, 5.41) is 3.36. The van der Waals surface area contributed by atoms with Gasteiger partial charge >= 0.3 is 0 Å². The Bertz CT molecular complexity index is 451. The second-order valence-corrected chi connectivity index (χ2v) is 5.58. The van der Waals surface area contributed by atoms with Gasteiger partial charge in [-0.15, -0.1) is 0 Å². The number of carbonyl (C=O) groups is 1. The average Bonchev–Trinajstić information content (AvgIpc) is 2.40. The maximum atomic E-state index is 11.9. The summed E-state index contributed by atoms with van der Waals surface area (Å²) >= 11 is 5.89. The lowest BCUT2D eigenvalue weighted by atomic mass is 10.1. The molecule has 0 aliphatic heterocycles. The maximum absolute atomic E-state index is 11.9. The van der Waals surface area contributed by atoms with Crippen LogP contribution in [0.15, 0.2) is 18.2 Å². The van der Waals surface area contributed by atoms with Crippen molar-refractivity contribution in [1.82, 2.24) is 4.90 Å². The third-order valence-electron chi connectivity index (χ3n) is 3.44. The summed E-state index contributed by atoms with van der Waals surface area (Å²) in [5.74, 6) is -0.0467. The lowest BCUT2D eigenvalue weighted by molar-refractivity contribution is -0.116. The Hall–Kier alpha value is -1.26. The van der Waals surface area contributed by atoms with E-state index in [1.165, 1.54) is 0 Å². The van der Waals surface area contributed by atoms with E-state index >= 15 is 0 Å². The van der Waals surface area contributed by atoms with E-state index in [0.29, 0.717) is 28.9 Å². The van der Waals surface area contributed by atoms with Crippen LogP contribution in [0.3, 0.4) is 0 Å². The first-order chi connectivity index (χ1) is 9.43. The number of nitrogen functional groups attached to an aromatic ring is 1. The van der Waals surface area contributed by atoms with Gasteiger partial charge in [-0.3, -0.25) is 4.79 Å². The van der Waals surface area contributed by atoms with E-state index in [2.05, 4.69) is 24.1 Å². The van der Waals surface area contributed by atoms with Crippen LogP contribution in [-0.2, 0) is 4.79 Å². The molecule has 0 bridgehead atoms. The largest absolute Gasteiger partial charge is 0.397 e. The van der Waals surface area contributed by atoms with E-state index in [-0.39, 0.29) is 5.91 Å². The molecule has 0 heterocycles. The number of nitrogens with one attached hydrogen (secondary N) is 1. The minimum absolute atomic E-state index is 0.0467. The summed E-state index contributed by atoms with van der Waals surface area (Å²) in [6.45, 7) is 5.07. The van der Waals surface area contributed by atoms with Crippen molar-refractivity contribution in [2.24, 2.45) is 0 Å². The summed E-state index contributed by atoms with van der Waals surface area (Å²) in [6, 6.07) is 5.54. The van der Waals surface area contributed by atoms with E-state index in [1.807, 2.05) is 7.05 Å². The average molecular weight is 298 g/mol. The van der Waals surface area contributed by atoms with Crippen LogP contribution in [0.4, 0.5) is 11.4 Å². The van der Waals surface area contributed by atoms with Crippen molar-refractivity contribution in [3.63, 3.8) is 0 Å². The number of carbonyl (C=O) groups excluding carboxylic acids is 1. The van der Waals surface area contributed by atoms with E-state index in [1.54, 1.807) is 18.2 Å². The molecule has 4 nitrogen and oxygen atoms in total. The molecule has 112 valence electrons. The summed E-state index contributed by atoms with van der Waals surface area (Å²) in [7, 11) is 2.04. The molecule has 20 heavy (non-hydrogen) atoms. The molecule has 0 saturated heterocycles. The summed E-state index contributed by atoms with van der Waals surface area (Å²) < 4.78 is 0. The van der Waals surface area contributed by atoms with Crippen molar-refractivity contribution in [3.8, 4) is 0 Å². The van der Waals surface area contributed by atoms with Crippen molar-refractivity contribution < 1.29 is 4.79 Å². The zero-order chi connectivity index (χ0) is 15.1. The number of hydrogen-bond donors (Lipinski definition) is 2. The van der Waals surface area contributed by atoms with Gasteiger partial charge in [-0.05, 0) is 38.6 Å². The van der Waals surface area contributed by atoms with Crippen LogP contribution in [0.1, 0.15) is 33.1 Å². The molecular weight excluding hydrogens is 274 g/mol. The molecule has 1 aromatic rings. The molecule has 1 rings (SSSR count). The summed E-state index contributed by atoms with van der Waals surface area (Å²) in [4.78, 5) is 14.1. The molecule has 5 heteroatoms. The van der Waals surface area contributed by atoms with E-state index < -0.39 is 0 Å². The molecule has 3 N–H and O–H groups in total. The van der Waals surface area contributed by atoms with Gasteiger partial charge in [0.05, 0.1) is 11.4 Å². The van der Waals surface area contributed by atoms with Crippen molar-refractivity contribution in [1.29, 1.82) is 0 Å². The Labute approximate surface area is 126 Å². The first-order valence-electron chi connectivity index (χ1n) is 6.99. The number of anilines is 2. The smallest absolute Gasteiger partial charge is 0.225 e. The van der Waals surface area contributed by atoms with Crippen LogP contribution in [0.2, 0.25) is 5.02 Å². The Kier molecular flexibility index (Phi) is 6.82. The highest BCUT2D eigenvalue weighted by atomic mass is 35.5. The molecule has 1 atom stereocenters. The van der Waals surface area contributed by atoms with Crippen LogP contribution in [-0.4, -0.2) is 30.4 Å². The van der Waals surface area contributed by atoms with Gasteiger partial charge in [-0.25, -0.2) is 0 Å². The monoisotopic (exact) mass is 297 g/mol. The van der Waals surface area contributed by atoms with Gasteiger partial charge in [0.1, 0.15) is 0 Å². The molecule has 0 aliphatic carbocycles. The van der Waals surface area contributed by atoms with Gasteiger partial charge in [-0.1, -0.05) is 24.9 Å². The number of rotatable bonds is 7. The van der Waals surface area contributed by atoms with Gasteiger partial charge in [-0.2, -0.15) is 0 Å². The zero-order valence-electron chi connectivity index (χ0n) is 12.4. The maximum Gasteiger partial charge on any atom is 0.225 e. The minimum atomic E-state index is -0.0467. The first-order valence-corrected chi connectivity index (χ1v) is 7.37. The SMILES string of the molecule is CCCC(C)N(C)CCC(=O)Nc1cc(Cl)ccc1N. The fourth-order valence-corrected chi connectivity index (χ4v) is 2.16. The number of nitrogens with zero attached hydrogens (tertiary/aromatic N) is 1. The van der Waals surface area contributed by atoms with E-state index in [0.717, 1.165) is 19.4 Å². The molecule has 0 aliphatic rings. The highest BCUT2D eigenvalue weighted by Gasteiger charge is 2.11. The number of nitrogens with two attached hydrogens (primary N) is 1. The summed E-state index contributed by atoms with van der Waals surface area (Å²) in [5.41, 5.74) is 6.90. The van der Waals surface area contributed by atoms with Crippen LogP contribution in [0.5, 0.6) is 0 Å². The Morgan fingerprint density at radius 1 is 1.50 bits per heavy atom. The van der Waals surface area contributed by atoms with Crippen LogP contribution >= 0.6 is 11.6 Å². The van der Waals surface area contributed by atoms with Gasteiger partial charge in [0.2, 0.25) is 5.91 Å². The van der Waals surface area contributed by atoms with Crippen molar-refractivity contribution in [2.75, 3.05) is 24.6 Å². The van der Waals surface area contributed by atoms with Crippen LogP contribution in [0.25, 0.3) is 0 Å². The second kappa shape index (κ2) is 8.12. The first kappa shape index (κ1) is 16.8. The third-order valence-corrected chi connectivity index (χ3v) is 3.67. The second-order valence-electron chi connectivity index (χ2n) is 5.15. The molecule has 1 unspecified atom stereocenters. The standard InChI is InChI=1S/C15H24ClN3O/c1-4-5-11(2)19(3)9-8-15(20)18-14-10-12(16)6-7-13(14)17/h6-7,10-11H,4-5,8-9,17H2,1-3H3,(H,18,20). The fourth-order valence-electron chi connectivity index (χ4n) is 1.99. The molecule has 0 fully saturated rings. The van der Waals surface area contributed by atoms with Crippen molar-refractivity contribution in [2.45, 2.75) is 39.2 Å². The van der Waals surface area contributed by atoms with Gasteiger partial charge in [0, 0.05) is 24.0 Å². The molecule has 0 saturated carbocycles. The predicted octanol–water partition coefficient (Wildman–Crippen LogP) is 3.37. The Morgan fingerprint density at radius 3 is 2.85 bits per heavy atom. The van der Waals surface area contributed by atoms with E-state index in [9.17, 15) is 4.79 Å². The lowest BCUT2D eigenvalue weighted by Gasteiger charge is -2.24. The van der Waals surface area contributed by atoms with Crippen LogP contribution < -0.4 is 11.1 Å². The van der Waals surface area contributed by atoms with Gasteiger partial charge in [0.15, 0.2) is 0 Å². The zero-order valence-corrected chi connectivity index (χ0v) is 13.2. The molecular formula is C15H24ClN3O. The molecule has 1 amide bonds. The molecule has 0 spiro atoms. The van der Waals surface area contributed by atoms with Crippen molar-refractivity contribution in [3.05, 3.63) is 23.2 Å². The predicted molar refractivity (Wildman–Crippen MR) is 86.1 cm³/mol. The molecule has 1 aromatic carbocycles. The van der Waals surface area contributed by atoms with Crippen LogP contribution in [0, 0.1) is 0 Å². The topological polar surface area (TPSA) is 58.4 Å². The third kappa shape index (κ3) is 5.39. The van der Waals surface area contributed by atoms with Gasteiger partial charge in [0.25, 0.3) is 0 Å². The number of amides is 1. The minimum Gasteiger partial charge on any atom is -0.397 e. The number of halogens is 1. The highest BCUT2D eigenvalue weighted by Crippen LogP contribution is 2.23. The van der Waals surface area contributed by atoms with Gasteiger partial charge < -0.3 is 16.0 Å². The Morgan fingerprint density at radius 2 is 2.20 bits per heavy atom. The Balaban J connectivity index is 2.46. The van der Waals surface area contributed by atoms with E-state index in [4.69, 9.17) is 17.3 Å². The molecule has 0 radical (unpaired) electrons. The molecule has 0 aromatic heterocycles. The fraction of sp³-hybridized carbons (Fsp3) is 0.533. The lowest BCUT2D eigenvalue weighted by Crippen LogP contribution is -2.32. The normalized spacial score (nSPS) is 12.4. The van der Waals surface area contributed by atoms with Crippen molar-refractivity contribution >= 4 is 28.9 Å².